The first-order chi connectivity index (χ1) is 9.65. The summed E-state index contributed by atoms with van der Waals surface area (Å²) in [6.07, 6.45) is 0.0933. The molecule has 0 heterocycles. The zero-order valence-corrected chi connectivity index (χ0v) is 14.0. The molecule has 0 aliphatic heterocycles. The summed E-state index contributed by atoms with van der Waals surface area (Å²) in [4.78, 5) is 0. The Morgan fingerprint density at radius 3 is 2.62 bits per heavy atom. The zero-order valence-electron chi connectivity index (χ0n) is 12.5. The quantitative estimate of drug-likeness (QED) is 0.564. The maximum absolute atomic E-state index is 10.7. The minimum absolute atomic E-state index is 0.234. The summed E-state index contributed by atoms with van der Waals surface area (Å²) in [7, 11) is -2.30. The molecule has 1 rings (SSSR count). The predicted molar refractivity (Wildman–Crippen MR) is 84.3 cm³/mol. The van der Waals surface area contributed by atoms with E-state index in [9.17, 15) is 8.42 Å². The third kappa shape index (κ3) is 6.32. The summed E-state index contributed by atoms with van der Waals surface area (Å²) in [5.41, 5.74) is 0.524. The van der Waals surface area contributed by atoms with Crippen molar-refractivity contribution in [3.63, 3.8) is 0 Å². The Bertz CT molecular complexity index is 560. The third-order valence-corrected chi connectivity index (χ3v) is 4.24. The van der Waals surface area contributed by atoms with Gasteiger partial charge in [0, 0.05) is 17.7 Å². The van der Waals surface area contributed by atoms with Crippen molar-refractivity contribution in [2.24, 2.45) is 0 Å². The lowest BCUT2D eigenvalue weighted by Gasteiger charge is -2.35. The average Bonchev–Trinajstić information content (AvgIpc) is 2.34. The fourth-order valence-corrected chi connectivity index (χ4v) is 2.98. The van der Waals surface area contributed by atoms with Crippen LogP contribution < -0.4 is 5.32 Å². The summed E-state index contributed by atoms with van der Waals surface area (Å²) < 4.78 is 35.7. The summed E-state index contributed by atoms with van der Waals surface area (Å²) in [5.74, 6) is -0.259. The van der Waals surface area contributed by atoms with Gasteiger partial charge in [-0.15, -0.1) is 0 Å². The van der Waals surface area contributed by atoms with Crippen LogP contribution in [0.2, 0.25) is 5.02 Å². The van der Waals surface area contributed by atoms with Crippen LogP contribution in [-0.2, 0) is 14.9 Å². The summed E-state index contributed by atoms with van der Waals surface area (Å²) in [5, 5.41) is 3.89. The highest BCUT2D eigenvalue weighted by Gasteiger charge is 2.30. The van der Waals surface area contributed by atoms with Crippen LogP contribution in [0.1, 0.15) is 31.9 Å². The first-order valence-corrected chi connectivity index (χ1v) is 8.63. The molecule has 7 heteroatoms. The third-order valence-electron chi connectivity index (χ3n) is 3.20. The van der Waals surface area contributed by atoms with E-state index in [-0.39, 0.29) is 11.9 Å². The molecule has 0 amide bonds. The van der Waals surface area contributed by atoms with Crippen LogP contribution >= 0.6 is 11.6 Å². The van der Waals surface area contributed by atoms with E-state index >= 15 is 0 Å². The molecule has 0 saturated heterocycles. The van der Waals surface area contributed by atoms with Crippen LogP contribution in [0.4, 0.5) is 0 Å². The van der Waals surface area contributed by atoms with Crippen molar-refractivity contribution in [2.75, 3.05) is 19.4 Å². The largest absolute Gasteiger partial charge is 0.375 e. The van der Waals surface area contributed by atoms with Crippen molar-refractivity contribution in [3.05, 3.63) is 34.9 Å². The molecule has 0 aliphatic carbocycles. The maximum atomic E-state index is 10.7. The van der Waals surface area contributed by atoms with Crippen molar-refractivity contribution < 1.29 is 17.7 Å². The fraction of sp³-hybridized carbons (Fsp3) is 0.571. The van der Waals surface area contributed by atoms with Gasteiger partial charge in [-0.05, 0) is 44.5 Å². The summed E-state index contributed by atoms with van der Waals surface area (Å²) in [6.45, 7) is 4.39. The number of benzene rings is 1. The highest BCUT2D eigenvalue weighted by Crippen LogP contribution is 2.30. The van der Waals surface area contributed by atoms with E-state index in [0.29, 0.717) is 18.0 Å². The standard InChI is InChI=1S/C14H22ClNO4S/c1-14(2,16-8-5-9-21(17,18)19)13(20-3)11-6-4-7-12(15)10-11/h4,6-7,10,13,16H,5,8-9H2,1-3H3,(H,17,18,19). The topological polar surface area (TPSA) is 75.6 Å². The van der Waals surface area contributed by atoms with E-state index in [4.69, 9.17) is 20.9 Å². The van der Waals surface area contributed by atoms with Gasteiger partial charge < -0.3 is 10.1 Å². The van der Waals surface area contributed by atoms with Crippen molar-refractivity contribution in [2.45, 2.75) is 31.9 Å². The molecule has 1 atom stereocenters. The molecule has 1 aromatic rings. The predicted octanol–water partition coefficient (Wildman–Crippen LogP) is 2.67. The smallest absolute Gasteiger partial charge is 0.264 e. The second kappa shape index (κ2) is 7.56. The molecule has 21 heavy (non-hydrogen) atoms. The van der Waals surface area contributed by atoms with Crippen molar-refractivity contribution in [1.29, 1.82) is 0 Å². The Labute approximate surface area is 131 Å². The lowest BCUT2D eigenvalue weighted by molar-refractivity contribution is 0.0314. The number of hydrogen-bond donors (Lipinski definition) is 2. The van der Waals surface area contributed by atoms with Gasteiger partial charge in [-0.3, -0.25) is 4.55 Å². The van der Waals surface area contributed by atoms with Gasteiger partial charge in [0.15, 0.2) is 0 Å². The molecule has 5 nitrogen and oxygen atoms in total. The molecule has 120 valence electrons. The number of ether oxygens (including phenoxy) is 1. The van der Waals surface area contributed by atoms with E-state index < -0.39 is 15.7 Å². The van der Waals surface area contributed by atoms with Crippen molar-refractivity contribution >= 4 is 21.7 Å². The van der Waals surface area contributed by atoms with Gasteiger partial charge in [0.2, 0.25) is 0 Å². The van der Waals surface area contributed by atoms with Gasteiger partial charge in [-0.2, -0.15) is 8.42 Å². The van der Waals surface area contributed by atoms with Crippen LogP contribution in [0.3, 0.4) is 0 Å². The van der Waals surface area contributed by atoms with E-state index in [0.717, 1.165) is 5.56 Å². The second-order valence-corrected chi connectivity index (χ2v) is 7.47. The fourth-order valence-electron chi connectivity index (χ4n) is 2.27. The number of hydrogen-bond acceptors (Lipinski definition) is 4. The molecule has 1 unspecified atom stereocenters. The van der Waals surface area contributed by atoms with Crippen molar-refractivity contribution in [3.8, 4) is 0 Å². The molecule has 0 aromatic heterocycles. The number of halogens is 1. The van der Waals surface area contributed by atoms with Gasteiger partial charge in [0.1, 0.15) is 0 Å². The maximum Gasteiger partial charge on any atom is 0.264 e. The first-order valence-electron chi connectivity index (χ1n) is 6.64. The Kier molecular flexibility index (Phi) is 6.62. The second-order valence-electron chi connectivity index (χ2n) is 5.46. The highest BCUT2D eigenvalue weighted by molar-refractivity contribution is 7.85. The van der Waals surface area contributed by atoms with Crippen LogP contribution in [0.15, 0.2) is 24.3 Å². The lowest BCUT2D eigenvalue weighted by Crippen LogP contribution is -2.46. The molecular weight excluding hydrogens is 314 g/mol. The minimum Gasteiger partial charge on any atom is -0.375 e. The van der Waals surface area contributed by atoms with Gasteiger partial charge in [0.25, 0.3) is 10.1 Å². The van der Waals surface area contributed by atoms with Crippen LogP contribution in [0, 0.1) is 0 Å². The van der Waals surface area contributed by atoms with Crippen LogP contribution in [0.5, 0.6) is 0 Å². The number of methoxy groups -OCH3 is 1. The lowest BCUT2D eigenvalue weighted by atomic mass is 9.91. The molecule has 0 spiro atoms. The van der Waals surface area contributed by atoms with Gasteiger partial charge in [0.05, 0.1) is 11.9 Å². The molecule has 0 aliphatic rings. The molecule has 1 aromatic carbocycles. The van der Waals surface area contributed by atoms with Crippen LogP contribution in [0.25, 0.3) is 0 Å². The normalized spacial score (nSPS) is 14.1. The minimum atomic E-state index is -3.91. The molecular formula is C14H22ClNO4S. The van der Waals surface area contributed by atoms with E-state index in [2.05, 4.69) is 5.32 Å². The van der Waals surface area contributed by atoms with Crippen LogP contribution in [-0.4, -0.2) is 37.9 Å². The SMILES string of the molecule is COC(c1cccc(Cl)c1)C(C)(C)NCCCS(=O)(=O)O. The molecule has 0 saturated carbocycles. The summed E-state index contributed by atoms with van der Waals surface area (Å²) >= 11 is 6.00. The molecule has 0 radical (unpaired) electrons. The summed E-state index contributed by atoms with van der Waals surface area (Å²) in [6, 6.07) is 7.43. The van der Waals surface area contributed by atoms with E-state index in [1.807, 2.05) is 32.0 Å². The Morgan fingerprint density at radius 1 is 1.43 bits per heavy atom. The highest BCUT2D eigenvalue weighted by atomic mass is 35.5. The van der Waals surface area contributed by atoms with E-state index in [1.54, 1.807) is 13.2 Å². The first kappa shape index (κ1) is 18.4. The number of rotatable bonds is 8. The molecule has 0 bridgehead atoms. The van der Waals surface area contributed by atoms with Gasteiger partial charge >= 0.3 is 0 Å². The van der Waals surface area contributed by atoms with E-state index in [1.165, 1.54) is 0 Å². The molecule has 0 fully saturated rings. The van der Waals surface area contributed by atoms with Gasteiger partial charge in [-0.25, -0.2) is 0 Å². The Balaban J connectivity index is 2.69. The van der Waals surface area contributed by atoms with Gasteiger partial charge in [-0.1, -0.05) is 23.7 Å². The number of nitrogens with one attached hydrogen (secondary N) is 1. The van der Waals surface area contributed by atoms with Crippen molar-refractivity contribution in [1.82, 2.24) is 5.32 Å². The monoisotopic (exact) mass is 335 g/mol. The zero-order chi connectivity index (χ0) is 16.1. The Hall–Kier alpha value is -0.660. The Morgan fingerprint density at radius 2 is 2.10 bits per heavy atom. The molecule has 2 N–H and O–H groups in total. The average molecular weight is 336 g/mol.